The first-order valence-electron chi connectivity index (χ1n) is 9.44. The second kappa shape index (κ2) is 9.24. The normalized spacial score (nSPS) is 13.0. The molecule has 13 heteroatoms. The van der Waals surface area contributed by atoms with E-state index in [1.165, 1.54) is 48.7 Å². The fourth-order valence-corrected chi connectivity index (χ4v) is 4.71. The lowest BCUT2D eigenvalue weighted by atomic mass is 10.2. The lowest BCUT2D eigenvalue weighted by Crippen LogP contribution is -2.28. The number of nitrogens with zero attached hydrogens (tertiary/aromatic N) is 3. The standard InChI is InChI=1S/C21H13Cl2F3N4O3S/c22-12-6-5-10-16(17(12)23)34(31,32)30-19-20(29-14-8-2-1-7-13(14)28-19)33-18(21(24,25)26)15-9-3-4-11-27-15/h1-11,18H,(H,28,30). The third-order valence-corrected chi connectivity index (χ3v) is 6.77. The number of sulfonamides is 1. The summed E-state index contributed by atoms with van der Waals surface area (Å²) in [6, 6.07) is 14.1. The Hall–Kier alpha value is -3.15. The molecule has 2 aromatic carbocycles. The van der Waals surface area contributed by atoms with E-state index in [-0.39, 0.29) is 21.1 Å². The quantitative estimate of drug-likeness (QED) is 0.339. The first kappa shape index (κ1) is 24.0. The highest BCUT2D eigenvalue weighted by Gasteiger charge is 2.45. The number of para-hydroxylation sites is 2. The number of rotatable bonds is 6. The molecule has 1 atom stereocenters. The molecular weight excluding hydrogens is 516 g/mol. The molecule has 34 heavy (non-hydrogen) atoms. The van der Waals surface area contributed by atoms with Gasteiger partial charge in [-0.05, 0) is 36.4 Å². The summed E-state index contributed by atoms with van der Waals surface area (Å²) in [5.41, 5.74) is -0.0500. The van der Waals surface area contributed by atoms with Crippen LogP contribution in [0.1, 0.15) is 11.8 Å². The van der Waals surface area contributed by atoms with Crippen LogP contribution in [0.15, 0.2) is 71.8 Å². The topological polar surface area (TPSA) is 94.1 Å². The third-order valence-electron chi connectivity index (χ3n) is 4.46. The number of halogens is 5. The van der Waals surface area contributed by atoms with Gasteiger partial charge < -0.3 is 4.74 Å². The van der Waals surface area contributed by atoms with Gasteiger partial charge in [0.2, 0.25) is 11.9 Å². The second-order valence-electron chi connectivity index (χ2n) is 6.82. The number of benzene rings is 2. The third kappa shape index (κ3) is 5.01. The van der Waals surface area contributed by atoms with Gasteiger partial charge >= 0.3 is 6.18 Å². The van der Waals surface area contributed by atoms with Gasteiger partial charge in [-0.2, -0.15) is 13.2 Å². The molecule has 0 amide bonds. The van der Waals surface area contributed by atoms with Crippen molar-refractivity contribution in [2.45, 2.75) is 17.2 Å². The molecule has 2 aromatic heterocycles. The van der Waals surface area contributed by atoms with E-state index in [4.69, 9.17) is 27.9 Å². The predicted molar refractivity (Wildman–Crippen MR) is 120 cm³/mol. The first-order chi connectivity index (χ1) is 16.1. The van der Waals surface area contributed by atoms with Crippen molar-refractivity contribution in [3.8, 4) is 5.88 Å². The van der Waals surface area contributed by atoms with Crippen LogP contribution in [0.3, 0.4) is 0 Å². The molecule has 2 heterocycles. The summed E-state index contributed by atoms with van der Waals surface area (Å²) in [5.74, 6) is -1.27. The fourth-order valence-electron chi connectivity index (χ4n) is 2.94. The molecule has 4 rings (SSSR count). The van der Waals surface area contributed by atoms with Crippen LogP contribution in [-0.4, -0.2) is 29.5 Å². The van der Waals surface area contributed by atoms with Crippen molar-refractivity contribution in [3.63, 3.8) is 0 Å². The van der Waals surface area contributed by atoms with Gasteiger partial charge in [-0.3, -0.25) is 9.71 Å². The Kier molecular flexibility index (Phi) is 6.52. The van der Waals surface area contributed by atoms with Crippen molar-refractivity contribution < 1.29 is 26.3 Å². The van der Waals surface area contributed by atoms with Gasteiger partial charge in [0.05, 0.1) is 26.8 Å². The van der Waals surface area contributed by atoms with Crippen molar-refractivity contribution in [1.29, 1.82) is 0 Å². The summed E-state index contributed by atoms with van der Waals surface area (Å²) in [6.07, 6.45) is -6.26. The predicted octanol–water partition coefficient (Wildman–Crippen LogP) is 5.81. The van der Waals surface area contributed by atoms with Gasteiger partial charge in [0, 0.05) is 6.20 Å². The van der Waals surface area contributed by atoms with Crippen LogP contribution >= 0.6 is 23.2 Å². The molecular formula is C21H13Cl2F3N4O3S. The number of nitrogens with one attached hydrogen (secondary N) is 1. The molecule has 0 saturated carbocycles. The zero-order valence-corrected chi connectivity index (χ0v) is 19.1. The van der Waals surface area contributed by atoms with Gasteiger partial charge in [0.25, 0.3) is 15.9 Å². The number of ether oxygens (including phenoxy) is 1. The van der Waals surface area contributed by atoms with E-state index in [2.05, 4.69) is 19.7 Å². The SMILES string of the molecule is O=S(=O)(Nc1nc2ccccc2nc1OC(c1ccccn1)C(F)(F)F)c1cccc(Cl)c1Cl. The Bertz CT molecular complexity index is 1460. The van der Waals surface area contributed by atoms with Crippen LogP contribution in [0.4, 0.5) is 19.0 Å². The average molecular weight is 529 g/mol. The minimum absolute atomic E-state index is 0.0297. The van der Waals surface area contributed by atoms with Crippen molar-refractivity contribution in [3.05, 3.63) is 82.6 Å². The van der Waals surface area contributed by atoms with Crippen molar-refractivity contribution in [1.82, 2.24) is 15.0 Å². The largest absolute Gasteiger partial charge is 0.455 e. The average Bonchev–Trinajstić information content (AvgIpc) is 2.78. The summed E-state index contributed by atoms with van der Waals surface area (Å²) in [6.45, 7) is 0. The maximum atomic E-state index is 13.9. The minimum Gasteiger partial charge on any atom is -0.455 e. The van der Waals surface area contributed by atoms with Crippen LogP contribution in [0.2, 0.25) is 10.0 Å². The molecule has 0 aliphatic heterocycles. The summed E-state index contributed by atoms with van der Waals surface area (Å²) in [7, 11) is -4.44. The molecule has 176 valence electrons. The Morgan fingerprint density at radius 2 is 1.59 bits per heavy atom. The molecule has 1 N–H and O–H groups in total. The molecule has 0 saturated heterocycles. The number of hydrogen-bond donors (Lipinski definition) is 1. The Morgan fingerprint density at radius 3 is 2.24 bits per heavy atom. The fraction of sp³-hybridized carbons (Fsp3) is 0.0952. The summed E-state index contributed by atoms with van der Waals surface area (Å²) < 4.78 is 74.9. The first-order valence-corrected chi connectivity index (χ1v) is 11.7. The summed E-state index contributed by atoms with van der Waals surface area (Å²) in [4.78, 5) is 11.5. The van der Waals surface area contributed by atoms with Crippen molar-refractivity contribution in [2.24, 2.45) is 0 Å². The maximum absolute atomic E-state index is 13.9. The van der Waals surface area contributed by atoms with E-state index in [0.29, 0.717) is 0 Å². The summed E-state index contributed by atoms with van der Waals surface area (Å²) >= 11 is 11.9. The number of fused-ring (bicyclic) bond motifs is 1. The maximum Gasteiger partial charge on any atom is 0.431 e. The molecule has 7 nitrogen and oxygen atoms in total. The molecule has 0 bridgehead atoms. The van der Waals surface area contributed by atoms with Crippen molar-refractivity contribution in [2.75, 3.05) is 4.72 Å². The minimum atomic E-state index is -4.89. The van der Waals surface area contributed by atoms with E-state index < -0.39 is 44.6 Å². The van der Waals surface area contributed by atoms with Gasteiger partial charge in [-0.25, -0.2) is 18.4 Å². The molecule has 0 radical (unpaired) electrons. The molecule has 0 fully saturated rings. The van der Waals surface area contributed by atoms with Crippen LogP contribution in [-0.2, 0) is 10.0 Å². The van der Waals surface area contributed by atoms with Crippen LogP contribution in [0.25, 0.3) is 11.0 Å². The number of hydrogen-bond acceptors (Lipinski definition) is 6. The molecule has 0 aliphatic rings. The van der Waals surface area contributed by atoms with E-state index in [1.807, 2.05) is 0 Å². The Morgan fingerprint density at radius 1 is 0.912 bits per heavy atom. The van der Waals surface area contributed by atoms with Crippen LogP contribution < -0.4 is 9.46 Å². The van der Waals surface area contributed by atoms with Crippen LogP contribution in [0, 0.1) is 0 Å². The smallest absolute Gasteiger partial charge is 0.431 e. The van der Waals surface area contributed by atoms with Crippen molar-refractivity contribution >= 4 is 50.1 Å². The highest BCUT2D eigenvalue weighted by molar-refractivity contribution is 7.92. The zero-order chi connectivity index (χ0) is 24.5. The van der Waals surface area contributed by atoms with Gasteiger partial charge in [-0.1, -0.05) is 47.5 Å². The highest BCUT2D eigenvalue weighted by Crippen LogP contribution is 2.38. The number of pyridine rings is 1. The number of alkyl halides is 3. The zero-order valence-electron chi connectivity index (χ0n) is 16.8. The van der Waals surface area contributed by atoms with Gasteiger partial charge in [0.15, 0.2) is 0 Å². The van der Waals surface area contributed by atoms with E-state index in [9.17, 15) is 21.6 Å². The molecule has 0 aliphatic carbocycles. The van der Waals surface area contributed by atoms with E-state index in [0.717, 1.165) is 6.07 Å². The summed E-state index contributed by atoms with van der Waals surface area (Å²) in [5, 5.41) is -0.299. The van der Waals surface area contributed by atoms with Gasteiger partial charge in [0.1, 0.15) is 4.90 Å². The number of aromatic nitrogens is 3. The van der Waals surface area contributed by atoms with Gasteiger partial charge in [-0.15, -0.1) is 0 Å². The van der Waals surface area contributed by atoms with E-state index in [1.54, 1.807) is 12.1 Å². The van der Waals surface area contributed by atoms with Crippen LogP contribution in [0.5, 0.6) is 5.88 Å². The Labute approximate surface area is 201 Å². The van der Waals surface area contributed by atoms with E-state index >= 15 is 0 Å². The number of anilines is 1. The monoisotopic (exact) mass is 528 g/mol. The Balaban J connectivity index is 1.83. The molecule has 4 aromatic rings. The molecule has 1 unspecified atom stereocenters. The lowest BCUT2D eigenvalue weighted by molar-refractivity contribution is -0.199. The lowest BCUT2D eigenvalue weighted by Gasteiger charge is -2.22. The molecule has 0 spiro atoms. The second-order valence-corrected chi connectivity index (χ2v) is 9.25. The highest BCUT2D eigenvalue weighted by atomic mass is 35.5.